The minimum atomic E-state index is -0.675. The number of nitrogens with one attached hydrogen (secondary N) is 1. The molecule has 1 heterocycles. The Morgan fingerprint density at radius 1 is 0.789 bits per heavy atom. The lowest BCUT2D eigenvalue weighted by Gasteiger charge is -2.37. The highest BCUT2D eigenvalue weighted by Crippen LogP contribution is 2.49. The number of benzene rings is 2. The highest BCUT2D eigenvalue weighted by atomic mass is 16.5. The number of methoxy groups -OCH3 is 6. The molecule has 4 rings (SSSR count). The summed E-state index contributed by atoms with van der Waals surface area (Å²) < 4.78 is 32.6. The predicted octanol–water partition coefficient (Wildman–Crippen LogP) is 4.26. The zero-order valence-electron chi connectivity index (χ0n) is 22.7. The molecule has 2 unspecified atom stereocenters. The molecule has 1 aliphatic carbocycles. The Kier molecular flexibility index (Phi) is 7.85. The third-order valence-electron chi connectivity index (χ3n) is 7.13. The molecule has 2 aromatic rings. The van der Waals surface area contributed by atoms with Crippen molar-refractivity contribution >= 4 is 11.8 Å². The molecule has 0 saturated carbocycles. The monoisotopic (exact) mass is 523 g/mol. The van der Waals surface area contributed by atoms with Gasteiger partial charge >= 0.3 is 5.97 Å². The molecule has 0 bridgehead atoms. The fourth-order valence-corrected chi connectivity index (χ4v) is 5.36. The minimum absolute atomic E-state index is 0.0637. The van der Waals surface area contributed by atoms with Crippen LogP contribution in [0.2, 0.25) is 0 Å². The van der Waals surface area contributed by atoms with Gasteiger partial charge in [-0.3, -0.25) is 4.79 Å². The van der Waals surface area contributed by atoms with Gasteiger partial charge in [-0.1, -0.05) is 6.07 Å². The second-order valence-electron chi connectivity index (χ2n) is 9.08. The molecule has 202 valence electrons. The maximum atomic E-state index is 13.9. The molecule has 2 atom stereocenters. The quantitative estimate of drug-likeness (QED) is 0.509. The van der Waals surface area contributed by atoms with Crippen LogP contribution in [0.5, 0.6) is 28.7 Å². The summed E-state index contributed by atoms with van der Waals surface area (Å²) in [5, 5.41) is 3.34. The molecular weight excluding hydrogens is 490 g/mol. The topological polar surface area (TPSA) is 102 Å². The summed E-state index contributed by atoms with van der Waals surface area (Å²) in [5.74, 6) is 1.16. The first-order valence-electron chi connectivity index (χ1n) is 12.2. The largest absolute Gasteiger partial charge is 0.493 e. The fourth-order valence-electron chi connectivity index (χ4n) is 5.36. The Balaban J connectivity index is 1.85. The summed E-state index contributed by atoms with van der Waals surface area (Å²) in [7, 11) is 9.07. The first-order chi connectivity index (χ1) is 18.3. The van der Waals surface area contributed by atoms with Crippen LogP contribution in [-0.2, 0) is 14.3 Å². The summed E-state index contributed by atoms with van der Waals surface area (Å²) in [6, 6.07) is 9.24. The van der Waals surface area contributed by atoms with Crippen LogP contribution in [-0.4, -0.2) is 54.4 Å². The second kappa shape index (κ2) is 11.1. The SMILES string of the molecule is COC(=O)C1=C(C)NC2=C(C(=O)CC(c3ccc(OC)c(OC)c3)C2)C1c1cc(OC)c(OC)c(OC)c1. The van der Waals surface area contributed by atoms with E-state index in [1.807, 2.05) is 25.1 Å². The maximum Gasteiger partial charge on any atom is 0.336 e. The molecule has 9 heteroatoms. The van der Waals surface area contributed by atoms with E-state index in [-0.39, 0.29) is 18.1 Å². The Morgan fingerprint density at radius 2 is 1.39 bits per heavy atom. The summed E-state index contributed by atoms with van der Waals surface area (Å²) in [4.78, 5) is 26.9. The van der Waals surface area contributed by atoms with Gasteiger partial charge in [0.05, 0.1) is 48.2 Å². The molecule has 0 spiro atoms. The molecule has 1 aliphatic heterocycles. The summed E-state index contributed by atoms with van der Waals surface area (Å²) in [5.41, 5.74) is 3.90. The van der Waals surface area contributed by atoms with Gasteiger partial charge in [-0.2, -0.15) is 0 Å². The second-order valence-corrected chi connectivity index (χ2v) is 9.08. The summed E-state index contributed by atoms with van der Waals surface area (Å²) in [6.45, 7) is 1.81. The molecule has 0 saturated heterocycles. The van der Waals surface area contributed by atoms with E-state index in [9.17, 15) is 9.59 Å². The van der Waals surface area contributed by atoms with Gasteiger partial charge in [0.25, 0.3) is 0 Å². The fraction of sp³-hybridized carbons (Fsp3) is 0.379. The van der Waals surface area contributed by atoms with Crippen LogP contribution in [0.3, 0.4) is 0 Å². The normalized spacial score (nSPS) is 18.9. The number of rotatable bonds is 8. The molecule has 0 aromatic heterocycles. The number of hydrogen-bond donors (Lipinski definition) is 1. The highest BCUT2D eigenvalue weighted by Gasteiger charge is 2.42. The maximum absolute atomic E-state index is 13.9. The van der Waals surface area contributed by atoms with Crippen molar-refractivity contribution in [2.75, 3.05) is 42.7 Å². The number of ketones is 1. The van der Waals surface area contributed by atoms with Crippen LogP contribution in [0, 0.1) is 0 Å². The van der Waals surface area contributed by atoms with Crippen LogP contribution in [0.1, 0.15) is 42.7 Å². The highest BCUT2D eigenvalue weighted by molar-refractivity contribution is 6.04. The molecule has 0 amide bonds. The molecule has 0 radical (unpaired) electrons. The minimum Gasteiger partial charge on any atom is -0.493 e. The lowest BCUT2D eigenvalue weighted by Crippen LogP contribution is -2.36. The van der Waals surface area contributed by atoms with Crippen LogP contribution in [0.15, 0.2) is 52.9 Å². The zero-order chi connectivity index (χ0) is 27.6. The molecular formula is C29H33NO8. The van der Waals surface area contributed by atoms with Crippen LogP contribution < -0.4 is 29.0 Å². The number of carbonyl (C=O) groups is 2. The van der Waals surface area contributed by atoms with Crippen molar-refractivity contribution in [2.24, 2.45) is 0 Å². The van der Waals surface area contributed by atoms with Crippen molar-refractivity contribution in [3.05, 3.63) is 64.0 Å². The number of allylic oxidation sites excluding steroid dienone is 3. The number of carbonyl (C=O) groups excluding carboxylic acids is 2. The Hall–Kier alpha value is -4.14. The van der Waals surface area contributed by atoms with Crippen molar-refractivity contribution in [3.8, 4) is 28.7 Å². The average Bonchev–Trinajstić information content (AvgIpc) is 2.94. The molecule has 2 aliphatic rings. The summed E-state index contributed by atoms with van der Waals surface area (Å²) in [6.07, 6.45) is 0.841. The summed E-state index contributed by atoms with van der Waals surface area (Å²) >= 11 is 0. The molecule has 1 N–H and O–H groups in total. The number of Topliss-reactive ketones (excluding diaryl/α,β-unsaturated/α-hetero) is 1. The Labute approximate surface area is 222 Å². The number of hydrogen-bond acceptors (Lipinski definition) is 9. The predicted molar refractivity (Wildman–Crippen MR) is 140 cm³/mol. The van der Waals surface area contributed by atoms with E-state index in [0.717, 1.165) is 11.3 Å². The molecule has 38 heavy (non-hydrogen) atoms. The van der Waals surface area contributed by atoms with Gasteiger partial charge in [0, 0.05) is 29.3 Å². The van der Waals surface area contributed by atoms with Crippen molar-refractivity contribution in [1.29, 1.82) is 0 Å². The smallest absolute Gasteiger partial charge is 0.336 e. The van der Waals surface area contributed by atoms with E-state index < -0.39 is 11.9 Å². The van der Waals surface area contributed by atoms with Gasteiger partial charge in [-0.15, -0.1) is 0 Å². The van der Waals surface area contributed by atoms with Crippen molar-refractivity contribution in [3.63, 3.8) is 0 Å². The third kappa shape index (κ3) is 4.64. The third-order valence-corrected chi connectivity index (χ3v) is 7.13. The number of dihydropyridines is 1. The Bertz CT molecular complexity index is 1300. The van der Waals surface area contributed by atoms with Gasteiger partial charge in [0.2, 0.25) is 5.75 Å². The van der Waals surface area contributed by atoms with Gasteiger partial charge in [-0.05, 0) is 54.7 Å². The first kappa shape index (κ1) is 26.9. The standard InChI is InChI=1S/C29H33NO8/c1-15-25(29(32)38-7)26(18-13-23(35-4)28(37-6)24(14-18)36-5)27-19(30-15)10-17(11-20(27)31)16-8-9-21(33-2)22(12-16)34-3/h8-9,12-14,17,26,30H,10-11H2,1-7H3. The number of esters is 1. The number of ether oxygens (including phenoxy) is 6. The van der Waals surface area contributed by atoms with Gasteiger partial charge < -0.3 is 33.7 Å². The average molecular weight is 524 g/mol. The van der Waals surface area contributed by atoms with Gasteiger partial charge in [0.1, 0.15) is 0 Å². The van der Waals surface area contributed by atoms with Gasteiger partial charge in [0.15, 0.2) is 28.8 Å². The Morgan fingerprint density at radius 3 is 1.95 bits per heavy atom. The molecule has 0 fully saturated rings. The van der Waals surface area contributed by atoms with Crippen molar-refractivity contribution < 1.29 is 38.0 Å². The lowest BCUT2D eigenvalue weighted by molar-refractivity contribution is -0.136. The lowest BCUT2D eigenvalue weighted by atomic mass is 9.71. The van der Waals surface area contributed by atoms with Crippen molar-refractivity contribution in [2.45, 2.75) is 31.6 Å². The van der Waals surface area contributed by atoms with Crippen LogP contribution in [0.4, 0.5) is 0 Å². The van der Waals surface area contributed by atoms with E-state index in [0.29, 0.717) is 57.6 Å². The van der Waals surface area contributed by atoms with Crippen LogP contribution >= 0.6 is 0 Å². The molecule has 2 aromatic carbocycles. The zero-order valence-corrected chi connectivity index (χ0v) is 22.7. The van der Waals surface area contributed by atoms with E-state index >= 15 is 0 Å². The molecule has 9 nitrogen and oxygen atoms in total. The van der Waals surface area contributed by atoms with Crippen LogP contribution in [0.25, 0.3) is 0 Å². The van der Waals surface area contributed by atoms with E-state index in [2.05, 4.69) is 5.32 Å². The first-order valence-corrected chi connectivity index (χ1v) is 12.2. The van der Waals surface area contributed by atoms with E-state index in [1.165, 1.54) is 28.4 Å². The van der Waals surface area contributed by atoms with E-state index in [1.54, 1.807) is 26.4 Å². The van der Waals surface area contributed by atoms with Gasteiger partial charge in [-0.25, -0.2) is 4.79 Å². The van der Waals surface area contributed by atoms with E-state index in [4.69, 9.17) is 28.4 Å². The van der Waals surface area contributed by atoms with Crippen molar-refractivity contribution in [1.82, 2.24) is 5.32 Å².